The van der Waals surface area contributed by atoms with E-state index < -0.39 is 5.97 Å². The Labute approximate surface area is 138 Å². The SMILES string of the molecule is O=C(O)CNCc1ccccc1OCc1ccc(Cl)cc1Cl. The van der Waals surface area contributed by atoms with Gasteiger partial charge in [-0.05, 0) is 18.2 Å². The van der Waals surface area contributed by atoms with Gasteiger partial charge in [-0.15, -0.1) is 0 Å². The van der Waals surface area contributed by atoms with Gasteiger partial charge < -0.3 is 15.2 Å². The molecule has 0 fully saturated rings. The van der Waals surface area contributed by atoms with Crippen molar-refractivity contribution < 1.29 is 14.6 Å². The van der Waals surface area contributed by atoms with Gasteiger partial charge >= 0.3 is 5.97 Å². The van der Waals surface area contributed by atoms with E-state index in [1.807, 2.05) is 30.3 Å². The molecule has 2 aromatic carbocycles. The van der Waals surface area contributed by atoms with Crippen LogP contribution < -0.4 is 10.1 Å². The Kier molecular flexibility index (Phi) is 6.07. The van der Waals surface area contributed by atoms with Gasteiger partial charge in [-0.2, -0.15) is 0 Å². The average Bonchev–Trinajstić information content (AvgIpc) is 2.47. The molecular formula is C16H15Cl2NO3. The first-order chi connectivity index (χ1) is 10.6. The molecule has 0 unspecified atom stereocenters. The first-order valence-electron chi connectivity index (χ1n) is 6.63. The van der Waals surface area contributed by atoms with Gasteiger partial charge in [0.05, 0.1) is 6.54 Å². The minimum absolute atomic E-state index is 0.0999. The van der Waals surface area contributed by atoms with Crippen molar-refractivity contribution in [2.75, 3.05) is 6.54 Å². The van der Waals surface area contributed by atoms with Crippen molar-refractivity contribution in [2.45, 2.75) is 13.2 Å². The summed E-state index contributed by atoms with van der Waals surface area (Å²) < 4.78 is 5.79. The van der Waals surface area contributed by atoms with E-state index in [0.717, 1.165) is 11.1 Å². The van der Waals surface area contributed by atoms with Crippen molar-refractivity contribution in [2.24, 2.45) is 0 Å². The number of para-hydroxylation sites is 1. The molecule has 2 aromatic rings. The van der Waals surface area contributed by atoms with Crippen molar-refractivity contribution in [1.29, 1.82) is 0 Å². The zero-order valence-electron chi connectivity index (χ0n) is 11.7. The molecule has 0 radical (unpaired) electrons. The van der Waals surface area contributed by atoms with E-state index in [-0.39, 0.29) is 6.54 Å². The van der Waals surface area contributed by atoms with E-state index in [9.17, 15) is 4.79 Å². The fraction of sp³-hybridized carbons (Fsp3) is 0.188. The predicted octanol–water partition coefficient (Wildman–Crippen LogP) is 3.75. The summed E-state index contributed by atoms with van der Waals surface area (Å²) in [6, 6.07) is 12.7. The molecule has 0 atom stereocenters. The van der Waals surface area contributed by atoms with Crippen LogP contribution in [-0.2, 0) is 17.9 Å². The maximum Gasteiger partial charge on any atom is 0.317 e. The fourth-order valence-electron chi connectivity index (χ4n) is 1.89. The van der Waals surface area contributed by atoms with Crippen molar-refractivity contribution >= 4 is 29.2 Å². The van der Waals surface area contributed by atoms with Crippen molar-refractivity contribution in [1.82, 2.24) is 5.32 Å². The Hall–Kier alpha value is -1.75. The Balaban J connectivity index is 2.01. The molecule has 0 aliphatic heterocycles. The lowest BCUT2D eigenvalue weighted by Crippen LogP contribution is -2.22. The third kappa shape index (κ3) is 4.91. The maximum absolute atomic E-state index is 10.5. The molecule has 2 rings (SSSR count). The van der Waals surface area contributed by atoms with Gasteiger partial charge in [0, 0.05) is 27.7 Å². The Morgan fingerprint density at radius 1 is 1.14 bits per heavy atom. The lowest BCUT2D eigenvalue weighted by Gasteiger charge is -2.12. The minimum atomic E-state index is -0.897. The second-order valence-corrected chi connectivity index (χ2v) is 5.47. The summed E-state index contributed by atoms with van der Waals surface area (Å²) in [6.07, 6.45) is 0. The Bertz CT molecular complexity index is 662. The van der Waals surface area contributed by atoms with Crippen molar-refractivity contribution in [3.8, 4) is 5.75 Å². The van der Waals surface area contributed by atoms with Crippen LogP contribution in [0.15, 0.2) is 42.5 Å². The number of ether oxygens (including phenoxy) is 1. The number of benzene rings is 2. The highest BCUT2D eigenvalue weighted by molar-refractivity contribution is 6.35. The van der Waals surface area contributed by atoms with Crippen LogP contribution in [0, 0.1) is 0 Å². The zero-order chi connectivity index (χ0) is 15.9. The second kappa shape index (κ2) is 8.03. The highest BCUT2D eigenvalue weighted by Crippen LogP contribution is 2.24. The lowest BCUT2D eigenvalue weighted by atomic mass is 10.2. The van der Waals surface area contributed by atoms with Crippen molar-refractivity contribution in [3.05, 3.63) is 63.6 Å². The minimum Gasteiger partial charge on any atom is -0.489 e. The molecule has 0 saturated heterocycles. The van der Waals surface area contributed by atoms with Crippen LogP contribution in [0.5, 0.6) is 5.75 Å². The van der Waals surface area contributed by atoms with Gasteiger partial charge in [-0.3, -0.25) is 4.79 Å². The quantitative estimate of drug-likeness (QED) is 0.806. The van der Waals surface area contributed by atoms with Crippen molar-refractivity contribution in [3.63, 3.8) is 0 Å². The van der Waals surface area contributed by atoms with Gasteiger partial charge in [0.2, 0.25) is 0 Å². The molecule has 0 bridgehead atoms. The van der Waals surface area contributed by atoms with Crippen LogP contribution in [0.3, 0.4) is 0 Å². The molecule has 116 valence electrons. The van der Waals surface area contributed by atoms with E-state index in [0.29, 0.717) is 28.9 Å². The third-order valence-electron chi connectivity index (χ3n) is 2.96. The number of hydrogen-bond acceptors (Lipinski definition) is 3. The summed E-state index contributed by atoms with van der Waals surface area (Å²) in [7, 11) is 0. The summed E-state index contributed by atoms with van der Waals surface area (Å²) in [5.74, 6) is -0.210. The number of carboxylic acid groups (broad SMARTS) is 1. The highest BCUT2D eigenvalue weighted by Gasteiger charge is 2.06. The number of carbonyl (C=O) groups is 1. The number of nitrogens with one attached hydrogen (secondary N) is 1. The summed E-state index contributed by atoms with van der Waals surface area (Å²) in [5, 5.41) is 12.6. The standard InChI is InChI=1S/C16H15Cl2NO3/c17-13-6-5-12(14(18)7-13)10-22-15-4-2-1-3-11(15)8-19-9-16(20)21/h1-7,19H,8-10H2,(H,20,21). The van der Waals surface area contributed by atoms with Crippen LogP contribution in [0.25, 0.3) is 0 Å². The normalized spacial score (nSPS) is 10.5. The van der Waals surface area contributed by atoms with Crippen LogP contribution in [-0.4, -0.2) is 17.6 Å². The molecule has 0 amide bonds. The lowest BCUT2D eigenvalue weighted by molar-refractivity contribution is -0.136. The molecule has 2 N–H and O–H groups in total. The average molecular weight is 340 g/mol. The smallest absolute Gasteiger partial charge is 0.317 e. The largest absolute Gasteiger partial charge is 0.489 e. The maximum atomic E-state index is 10.5. The Morgan fingerprint density at radius 3 is 2.64 bits per heavy atom. The molecule has 0 aromatic heterocycles. The highest BCUT2D eigenvalue weighted by atomic mass is 35.5. The second-order valence-electron chi connectivity index (χ2n) is 4.63. The zero-order valence-corrected chi connectivity index (χ0v) is 13.2. The summed E-state index contributed by atoms with van der Waals surface area (Å²) in [4.78, 5) is 10.5. The molecule has 0 heterocycles. The van der Waals surface area contributed by atoms with Crippen LogP contribution in [0.2, 0.25) is 10.0 Å². The summed E-state index contributed by atoms with van der Waals surface area (Å²) >= 11 is 12.0. The monoisotopic (exact) mass is 339 g/mol. The van der Waals surface area contributed by atoms with E-state index in [2.05, 4.69) is 5.32 Å². The van der Waals surface area contributed by atoms with Crippen LogP contribution >= 0.6 is 23.2 Å². The number of aliphatic carboxylic acids is 1. The third-order valence-corrected chi connectivity index (χ3v) is 3.55. The molecule has 0 saturated carbocycles. The molecular weight excluding hydrogens is 325 g/mol. The van der Waals surface area contributed by atoms with E-state index in [4.69, 9.17) is 33.0 Å². The molecule has 6 heteroatoms. The van der Waals surface area contributed by atoms with Crippen LogP contribution in [0.1, 0.15) is 11.1 Å². The number of rotatable bonds is 7. The number of halogens is 2. The first-order valence-corrected chi connectivity index (χ1v) is 7.39. The van der Waals surface area contributed by atoms with Gasteiger partial charge in [-0.1, -0.05) is 47.5 Å². The van der Waals surface area contributed by atoms with Gasteiger partial charge in [0.25, 0.3) is 0 Å². The first kappa shape index (κ1) is 16.6. The summed E-state index contributed by atoms with van der Waals surface area (Å²) in [5.41, 5.74) is 1.72. The number of hydrogen-bond donors (Lipinski definition) is 2. The van der Waals surface area contributed by atoms with Crippen LogP contribution in [0.4, 0.5) is 0 Å². The summed E-state index contributed by atoms with van der Waals surface area (Å²) in [6.45, 7) is 0.625. The molecule has 22 heavy (non-hydrogen) atoms. The Morgan fingerprint density at radius 2 is 1.91 bits per heavy atom. The topological polar surface area (TPSA) is 58.6 Å². The molecule has 4 nitrogen and oxygen atoms in total. The predicted molar refractivity (Wildman–Crippen MR) is 86.6 cm³/mol. The van der Waals surface area contributed by atoms with Gasteiger partial charge in [0.15, 0.2) is 0 Å². The van der Waals surface area contributed by atoms with Gasteiger partial charge in [0.1, 0.15) is 12.4 Å². The molecule has 0 spiro atoms. The number of carboxylic acids is 1. The molecule has 0 aliphatic carbocycles. The van der Waals surface area contributed by atoms with E-state index in [1.165, 1.54) is 0 Å². The van der Waals surface area contributed by atoms with Gasteiger partial charge in [-0.25, -0.2) is 0 Å². The molecule has 0 aliphatic rings. The van der Waals surface area contributed by atoms with E-state index >= 15 is 0 Å². The van der Waals surface area contributed by atoms with E-state index in [1.54, 1.807) is 12.1 Å². The fourth-order valence-corrected chi connectivity index (χ4v) is 2.35.